The molecule has 4 aromatic rings. The van der Waals surface area contributed by atoms with Crippen molar-refractivity contribution in [3.8, 4) is 33.9 Å². The lowest BCUT2D eigenvalue weighted by molar-refractivity contribution is 1.25. The van der Waals surface area contributed by atoms with E-state index in [1.54, 1.807) is 24.2 Å². The van der Waals surface area contributed by atoms with Gasteiger partial charge in [0.05, 0.1) is 17.6 Å². The number of nitrogens with zero attached hydrogens (tertiary/aromatic N) is 3. The van der Waals surface area contributed by atoms with Gasteiger partial charge in [0.2, 0.25) is 0 Å². The Labute approximate surface area is 155 Å². The highest BCUT2D eigenvalue weighted by Crippen LogP contribution is 2.43. The van der Waals surface area contributed by atoms with Crippen LogP contribution in [0.3, 0.4) is 0 Å². The zero-order chi connectivity index (χ0) is 17.5. The molecule has 3 aromatic heterocycles. The van der Waals surface area contributed by atoms with Crippen LogP contribution in [0.2, 0.25) is 0 Å². The molecule has 26 heavy (non-hydrogen) atoms. The maximum Gasteiger partial charge on any atom is 0.139 e. The van der Waals surface area contributed by atoms with E-state index >= 15 is 0 Å². The van der Waals surface area contributed by atoms with Crippen LogP contribution in [0.1, 0.15) is 0 Å². The van der Waals surface area contributed by atoms with Crippen molar-refractivity contribution in [2.45, 2.75) is 4.90 Å². The molecule has 0 unspecified atom stereocenters. The molecular weight excluding hydrogens is 342 g/mol. The first-order chi connectivity index (χ1) is 12.8. The van der Waals surface area contributed by atoms with E-state index < -0.39 is 0 Å². The van der Waals surface area contributed by atoms with Crippen LogP contribution < -0.4 is 5.32 Å². The Kier molecular flexibility index (Phi) is 3.50. The number of aromatic amines is 1. The summed E-state index contributed by atoms with van der Waals surface area (Å²) in [4.78, 5) is 18.4. The summed E-state index contributed by atoms with van der Waals surface area (Å²) >= 11 is 1.72. The molecule has 0 saturated carbocycles. The first kappa shape index (κ1) is 15.2. The van der Waals surface area contributed by atoms with Crippen LogP contribution in [0.15, 0.2) is 66.0 Å². The van der Waals surface area contributed by atoms with Crippen LogP contribution in [0, 0.1) is 0 Å². The molecule has 0 radical (unpaired) electrons. The number of nitrogens with one attached hydrogen (secondary N) is 2. The van der Waals surface area contributed by atoms with Gasteiger partial charge in [-0.25, -0.2) is 9.97 Å². The predicted octanol–water partition coefficient (Wildman–Crippen LogP) is 4.98. The van der Waals surface area contributed by atoms with Gasteiger partial charge in [-0.1, -0.05) is 18.2 Å². The number of rotatable bonds is 2. The van der Waals surface area contributed by atoms with Gasteiger partial charge in [-0.3, -0.25) is 4.98 Å². The molecule has 1 aliphatic heterocycles. The molecule has 5 nitrogen and oxygen atoms in total. The maximum atomic E-state index is 4.96. The fourth-order valence-corrected chi connectivity index (χ4v) is 3.87. The molecular formula is C20H15N5S. The lowest BCUT2D eigenvalue weighted by Gasteiger charge is -2.08. The third kappa shape index (κ3) is 2.30. The molecule has 0 amide bonds. The van der Waals surface area contributed by atoms with E-state index in [0.717, 1.165) is 45.4 Å². The van der Waals surface area contributed by atoms with Crippen molar-refractivity contribution in [2.75, 3.05) is 11.6 Å². The minimum atomic E-state index is 0.789. The Balaban J connectivity index is 1.81. The fourth-order valence-electron chi connectivity index (χ4n) is 3.27. The lowest BCUT2D eigenvalue weighted by atomic mass is 10.1. The van der Waals surface area contributed by atoms with Crippen molar-refractivity contribution < 1.29 is 0 Å². The number of hydrogen-bond acceptors (Lipinski definition) is 5. The number of imidazole rings is 1. The maximum absolute atomic E-state index is 4.96. The Hall–Kier alpha value is -3.12. The monoisotopic (exact) mass is 357 g/mol. The highest BCUT2D eigenvalue weighted by Gasteiger charge is 2.24. The van der Waals surface area contributed by atoms with Gasteiger partial charge in [0.1, 0.15) is 17.3 Å². The largest absolute Gasteiger partial charge is 0.338 e. The first-order valence-corrected chi connectivity index (χ1v) is 9.48. The summed E-state index contributed by atoms with van der Waals surface area (Å²) in [5, 5.41) is 3.38. The van der Waals surface area contributed by atoms with Gasteiger partial charge in [0.25, 0.3) is 0 Å². The average Bonchev–Trinajstić information content (AvgIpc) is 3.08. The lowest BCUT2D eigenvalue weighted by Crippen LogP contribution is -1.95. The number of aromatic nitrogens is 4. The van der Waals surface area contributed by atoms with Crippen molar-refractivity contribution in [1.29, 1.82) is 0 Å². The van der Waals surface area contributed by atoms with Crippen molar-refractivity contribution in [3.63, 3.8) is 0 Å². The molecule has 126 valence electrons. The second-order valence-corrected chi connectivity index (χ2v) is 6.80. The Morgan fingerprint density at radius 2 is 1.81 bits per heavy atom. The summed E-state index contributed by atoms with van der Waals surface area (Å²) in [6.45, 7) is 0. The van der Waals surface area contributed by atoms with E-state index in [4.69, 9.17) is 4.98 Å². The normalized spacial score (nSPS) is 11.7. The number of H-pyrrole nitrogens is 1. The molecule has 4 heterocycles. The smallest absolute Gasteiger partial charge is 0.139 e. The van der Waals surface area contributed by atoms with Gasteiger partial charge < -0.3 is 10.3 Å². The summed E-state index contributed by atoms with van der Waals surface area (Å²) in [6, 6.07) is 14.3. The number of thioether (sulfide) groups is 1. The van der Waals surface area contributed by atoms with Crippen LogP contribution in [-0.4, -0.2) is 26.2 Å². The van der Waals surface area contributed by atoms with E-state index in [-0.39, 0.29) is 0 Å². The van der Waals surface area contributed by atoms with Crippen molar-refractivity contribution in [3.05, 3.63) is 61.1 Å². The average molecular weight is 357 g/mol. The Bertz CT molecular complexity index is 1060. The topological polar surface area (TPSA) is 66.5 Å². The predicted molar refractivity (Wildman–Crippen MR) is 106 cm³/mol. The van der Waals surface area contributed by atoms with E-state index in [9.17, 15) is 0 Å². The number of pyridine rings is 2. The standard InChI is InChI=1S/C20H15N5S/c1-26-16-7-3-2-5-13(16)20-24-17-12-8-10-21-11-15(12)23-19-14(18(17)25-20)6-4-9-22-19/h2-11H,1H3,(H,22,23)(H,24,25). The van der Waals surface area contributed by atoms with Crippen molar-refractivity contribution in [2.24, 2.45) is 0 Å². The van der Waals surface area contributed by atoms with Crippen LogP contribution >= 0.6 is 11.8 Å². The number of anilines is 2. The van der Waals surface area contributed by atoms with Crippen molar-refractivity contribution >= 4 is 23.3 Å². The molecule has 1 aliphatic rings. The minimum absolute atomic E-state index is 0.789. The van der Waals surface area contributed by atoms with Gasteiger partial charge >= 0.3 is 0 Å². The second-order valence-electron chi connectivity index (χ2n) is 5.96. The number of benzene rings is 1. The Morgan fingerprint density at radius 3 is 2.73 bits per heavy atom. The van der Waals surface area contributed by atoms with Crippen LogP contribution in [-0.2, 0) is 0 Å². The molecule has 1 aromatic carbocycles. The number of fused-ring (bicyclic) bond motifs is 5. The number of hydrogen-bond donors (Lipinski definition) is 2. The highest BCUT2D eigenvalue weighted by atomic mass is 32.2. The van der Waals surface area contributed by atoms with E-state index in [1.807, 2.05) is 36.5 Å². The summed E-state index contributed by atoms with van der Waals surface area (Å²) in [5.41, 5.74) is 5.90. The van der Waals surface area contributed by atoms with Crippen LogP contribution in [0.25, 0.3) is 33.9 Å². The van der Waals surface area contributed by atoms with Gasteiger partial charge in [-0.15, -0.1) is 11.8 Å². The van der Waals surface area contributed by atoms with Crippen LogP contribution in [0.5, 0.6) is 0 Å². The molecule has 0 bridgehead atoms. The van der Waals surface area contributed by atoms with E-state index in [2.05, 4.69) is 38.7 Å². The molecule has 0 atom stereocenters. The van der Waals surface area contributed by atoms with E-state index in [0.29, 0.717) is 0 Å². The second kappa shape index (κ2) is 6.00. The summed E-state index contributed by atoms with van der Waals surface area (Å²) < 4.78 is 0. The fraction of sp³-hybridized carbons (Fsp3) is 0.0500. The molecule has 0 aliphatic carbocycles. The summed E-state index contributed by atoms with van der Waals surface area (Å²) in [5.74, 6) is 1.65. The molecule has 0 spiro atoms. The quantitative estimate of drug-likeness (QED) is 0.436. The molecule has 6 heteroatoms. The summed E-state index contributed by atoms with van der Waals surface area (Å²) in [6.07, 6.45) is 7.48. The zero-order valence-electron chi connectivity index (χ0n) is 14.0. The zero-order valence-corrected chi connectivity index (χ0v) is 14.8. The highest BCUT2D eigenvalue weighted by molar-refractivity contribution is 7.98. The van der Waals surface area contributed by atoms with E-state index in [1.165, 1.54) is 4.90 Å². The van der Waals surface area contributed by atoms with Gasteiger partial charge in [-0.2, -0.15) is 0 Å². The Morgan fingerprint density at radius 1 is 0.923 bits per heavy atom. The van der Waals surface area contributed by atoms with Crippen LogP contribution in [0.4, 0.5) is 11.5 Å². The third-order valence-corrected chi connectivity index (χ3v) is 5.27. The SMILES string of the molecule is CSc1ccccc1-c1nc2c([nH]1)-c1ccncc1Nc1ncccc1-2. The molecule has 0 fully saturated rings. The van der Waals surface area contributed by atoms with Crippen molar-refractivity contribution in [1.82, 2.24) is 19.9 Å². The first-order valence-electron chi connectivity index (χ1n) is 8.25. The van der Waals surface area contributed by atoms with Gasteiger partial charge in [-0.05, 0) is 30.5 Å². The minimum Gasteiger partial charge on any atom is -0.338 e. The molecule has 2 N–H and O–H groups in total. The summed E-state index contributed by atoms with van der Waals surface area (Å²) in [7, 11) is 0. The molecule has 0 saturated heterocycles. The molecule has 5 rings (SSSR count). The van der Waals surface area contributed by atoms with Gasteiger partial charge in [0.15, 0.2) is 0 Å². The third-order valence-electron chi connectivity index (χ3n) is 4.47. The van der Waals surface area contributed by atoms with Gasteiger partial charge in [0, 0.05) is 34.0 Å².